The van der Waals surface area contributed by atoms with Gasteiger partial charge in [-0.25, -0.2) is 4.79 Å². The molecule has 1 amide bonds. The highest BCUT2D eigenvalue weighted by molar-refractivity contribution is 5.67. The third-order valence-electron chi connectivity index (χ3n) is 1.72. The molecule has 0 aromatic rings. The number of nitrogens with one attached hydrogen (secondary N) is 1. The summed E-state index contributed by atoms with van der Waals surface area (Å²) in [6.07, 6.45) is 0.00384. The molecule has 0 fully saturated rings. The quantitative estimate of drug-likeness (QED) is 0.663. The van der Waals surface area contributed by atoms with Gasteiger partial charge in [-0.1, -0.05) is 13.8 Å². The van der Waals surface area contributed by atoms with E-state index in [9.17, 15) is 4.79 Å². The van der Waals surface area contributed by atoms with Gasteiger partial charge >= 0.3 is 6.09 Å². The van der Waals surface area contributed by atoms with Gasteiger partial charge in [0.15, 0.2) is 0 Å². The van der Waals surface area contributed by atoms with Crippen molar-refractivity contribution in [2.24, 2.45) is 5.92 Å². The fourth-order valence-electron chi connectivity index (χ4n) is 1.00. The van der Waals surface area contributed by atoms with Crippen LogP contribution in [0.25, 0.3) is 0 Å². The van der Waals surface area contributed by atoms with E-state index in [0.717, 1.165) is 0 Å². The molecule has 5 heteroatoms. The molecule has 2 N–H and O–H groups in total. The van der Waals surface area contributed by atoms with E-state index in [1.54, 1.807) is 7.11 Å². The molecule has 0 bridgehead atoms. The third-order valence-corrected chi connectivity index (χ3v) is 1.72. The van der Waals surface area contributed by atoms with Gasteiger partial charge in [0.25, 0.3) is 0 Å². The molecule has 0 radical (unpaired) electrons. The fourth-order valence-corrected chi connectivity index (χ4v) is 1.00. The Hall–Kier alpha value is -0.810. The van der Waals surface area contributed by atoms with Crippen molar-refractivity contribution in [1.82, 2.24) is 5.32 Å². The number of rotatable bonds is 7. The van der Waals surface area contributed by atoms with Gasteiger partial charge in [0.05, 0.1) is 19.3 Å². The van der Waals surface area contributed by atoms with Gasteiger partial charge in [-0.15, -0.1) is 0 Å². The summed E-state index contributed by atoms with van der Waals surface area (Å²) >= 11 is 0. The Bertz CT molecular complexity index is 167. The van der Waals surface area contributed by atoms with E-state index in [1.165, 1.54) is 0 Å². The molecule has 0 saturated carbocycles. The average Bonchev–Trinajstić information content (AvgIpc) is 2.15. The molecule has 0 aliphatic heterocycles. The molecule has 0 heterocycles. The van der Waals surface area contributed by atoms with Crippen molar-refractivity contribution in [2.45, 2.75) is 26.3 Å². The molecule has 0 aromatic carbocycles. The number of carbonyl (C=O) groups is 1. The van der Waals surface area contributed by atoms with Crippen LogP contribution in [0.2, 0.25) is 0 Å². The summed E-state index contributed by atoms with van der Waals surface area (Å²) in [6, 6.07) is -0.195. The first kappa shape index (κ1) is 14.2. The summed E-state index contributed by atoms with van der Waals surface area (Å²) in [6.45, 7) is 4.71. The molecule has 0 aliphatic carbocycles. The zero-order chi connectivity index (χ0) is 11.7. The molecule has 0 saturated heterocycles. The van der Waals surface area contributed by atoms with Crippen molar-refractivity contribution in [1.29, 1.82) is 0 Å². The number of carbonyl (C=O) groups excluding carboxylic acids is 1. The van der Waals surface area contributed by atoms with E-state index in [2.05, 4.69) is 5.32 Å². The molecule has 5 nitrogen and oxygen atoms in total. The minimum Gasteiger partial charge on any atom is -0.449 e. The minimum atomic E-state index is -0.459. The lowest BCUT2D eigenvalue weighted by atomic mass is 10.2. The minimum absolute atomic E-state index is 0.0124. The van der Waals surface area contributed by atoms with Crippen LogP contribution in [-0.2, 0) is 9.47 Å². The topological polar surface area (TPSA) is 67.8 Å². The SMILES string of the molecule is COCC(CCO)NC(=O)OCC(C)C. The second kappa shape index (κ2) is 8.49. The van der Waals surface area contributed by atoms with Gasteiger partial charge in [0.2, 0.25) is 0 Å². The first-order chi connectivity index (χ1) is 7.10. The maximum atomic E-state index is 11.2. The van der Waals surface area contributed by atoms with Crippen molar-refractivity contribution >= 4 is 6.09 Å². The van der Waals surface area contributed by atoms with Crippen LogP contribution in [0.1, 0.15) is 20.3 Å². The average molecular weight is 219 g/mol. The highest BCUT2D eigenvalue weighted by Gasteiger charge is 2.12. The van der Waals surface area contributed by atoms with Crippen LogP contribution in [0, 0.1) is 5.92 Å². The molecule has 15 heavy (non-hydrogen) atoms. The van der Waals surface area contributed by atoms with Gasteiger partial charge in [-0.2, -0.15) is 0 Å². The maximum Gasteiger partial charge on any atom is 0.407 e. The van der Waals surface area contributed by atoms with Crippen LogP contribution in [0.3, 0.4) is 0 Å². The normalized spacial score (nSPS) is 12.6. The molecule has 0 aliphatic rings. The van der Waals surface area contributed by atoms with Crippen molar-refractivity contribution in [3.63, 3.8) is 0 Å². The van der Waals surface area contributed by atoms with Gasteiger partial charge in [-0.05, 0) is 12.3 Å². The molecule has 0 spiro atoms. The maximum absolute atomic E-state index is 11.2. The van der Waals surface area contributed by atoms with Crippen LogP contribution in [0.4, 0.5) is 4.79 Å². The van der Waals surface area contributed by atoms with Crippen molar-refractivity contribution in [3.8, 4) is 0 Å². The number of methoxy groups -OCH3 is 1. The molecular formula is C10H21NO4. The zero-order valence-corrected chi connectivity index (χ0v) is 9.66. The van der Waals surface area contributed by atoms with E-state index in [0.29, 0.717) is 25.6 Å². The van der Waals surface area contributed by atoms with Crippen molar-refractivity contribution in [2.75, 3.05) is 26.9 Å². The van der Waals surface area contributed by atoms with Crippen molar-refractivity contribution < 1.29 is 19.4 Å². The summed E-state index contributed by atoms with van der Waals surface area (Å²) in [4.78, 5) is 11.2. The Morgan fingerprint density at radius 1 is 1.40 bits per heavy atom. The lowest BCUT2D eigenvalue weighted by Gasteiger charge is -2.17. The lowest BCUT2D eigenvalue weighted by molar-refractivity contribution is 0.110. The lowest BCUT2D eigenvalue weighted by Crippen LogP contribution is -2.39. The second-order valence-electron chi connectivity index (χ2n) is 3.80. The largest absolute Gasteiger partial charge is 0.449 e. The van der Waals surface area contributed by atoms with Crippen LogP contribution < -0.4 is 5.32 Å². The number of hydrogen-bond donors (Lipinski definition) is 2. The van der Waals surface area contributed by atoms with Gasteiger partial charge in [-0.3, -0.25) is 0 Å². The van der Waals surface area contributed by atoms with Gasteiger partial charge < -0.3 is 19.9 Å². The number of alkyl carbamates (subject to hydrolysis) is 1. The highest BCUT2D eigenvalue weighted by atomic mass is 16.5. The number of ether oxygens (including phenoxy) is 2. The fraction of sp³-hybridized carbons (Fsp3) is 0.900. The zero-order valence-electron chi connectivity index (χ0n) is 9.66. The Morgan fingerprint density at radius 2 is 2.07 bits per heavy atom. The summed E-state index contributed by atoms with van der Waals surface area (Å²) in [5, 5.41) is 11.4. The Morgan fingerprint density at radius 3 is 2.53 bits per heavy atom. The Labute approximate surface area is 90.8 Å². The number of aliphatic hydroxyl groups excluding tert-OH is 1. The van der Waals surface area contributed by atoms with E-state index in [-0.39, 0.29) is 12.6 Å². The molecule has 0 rings (SSSR count). The first-order valence-electron chi connectivity index (χ1n) is 5.13. The predicted molar refractivity (Wildman–Crippen MR) is 56.7 cm³/mol. The number of hydrogen-bond acceptors (Lipinski definition) is 4. The summed E-state index contributed by atoms with van der Waals surface area (Å²) in [7, 11) is 1.55. The van der Waals surface area contributed by atoms with Crippen LogP contribution in [-0.4, -0.2) is 44.2 Å². The standard InChI is InChI=1S/C10H21NO4/c1-8(2)6-15-10(13)11-9(4-5-12)7-14-3/h8-9,12H,4-7H2,1-3H3,(H,11,13). The summed E-state index contributed by atoms with van der Waals surface area (Å²) in [5.41, 5.74) is 0. The summed E-state index contributed by atoms with van der Waals surface area (Å²) in [5.74, 6) is 0.314. The number of aliphatic hydroxyl groups is 1. The van der Waals surface area contributed by atoms with Crippen LogP contribution in [0.5, 0.6) is 0 Å². The molecule has 1 atom stereocenters. The van der Waals surface area contributed by atoms with Crippen LogP contribution in [0.15, 0.2) is 0 Å². The molecule has 1 unspecified atom stereocenters. The van der Waals surface area contributed by atoms with Gasteiger partial charge in [0.1, 0.15) is 0 Å². The van der Waals surface area contributed by atoms with Crippen LogP contribution >= 0.6 is 0 Å². The number of amides is 1. The Kier molecular flexibility index (Phi) is 8.04. The highest BCUT2D eigenvalue weighted by Crippen LogP contribution is 1.96. The van der Waals surface area contributed by atoms with E-state index < -0.39 is 6.09 Å². The van der Waals surface area contributed by atoms with E-state index in [1.807, 2.05) is 13.8 Å². The van der Waals surface area contributed by atoms with E-state index >= 15 is 0 Å². The van der Waals surface area contributed by atoms with E-state index in [4.69, 9.17) is 14.6 Å². The molecule has 90 valence electrons. The van der Waals surface area contributed by atoms with Crippen molar-refractivity contribution in [3.05, 3.63) is 0 Å². The monoisotopic (exact) mass is 219 g/mol. The third kappa shape index (κ3) is 8.20. The second-order valence-corrected chi connectivity index (χ2v) is 3.80. The molecule has 0 aromatic heterocycles. The predicted octanol–water partition coefficient (Wildman–Crippen LogP) is 0.766. The van der Waals surface area contributed by atoms with Gasteiger partial charge in [0, 0.05) is 13.7 Å². The first-order valence-corrected chi connectivity index (χ1v) is 5.13. The Balaban J connectivity index is 3.77. The smallest absolute Gasteiger partial charge is 0.407 e. The molecular weight excluding hydrogens is 198 g/mol. The summed E-state index contributed by atoms with van der Waals surface area (Å²) < 4.78 is 9.84.